The summed E-state index contributed by atoms with van der Waals surface area (Å²) >= 11 is 0. The molecule has 0 radical (unpaired) electrons. The van der Waals surface area contributed by atoms with Crippen LogP contribution in [0.3, 0.4) is 0 Å². The second-order valence-electron chi connectivity index (χ2n) is 12.1. The quantitative estimate of drug-likeness (QED) is 0.423. The average molecular weight is 556 g/mol. The number of carbonyl (C=O) groups excluding carboxylic acids is 2. The number of nitrogens with one attached hydrogen (secondary N) is 1. The monoisotopic (exact) mass is 555 g/mol. The number of benzene rings is 3. The summed E-state index contributed by atoms with van der Waals surface area (Å²) in [6.45, 7) is 5.60. The van der Waals surface area contributed by atoms with E-state index < -0.39 is 29.5 Å². The molecule has 7 heteroatoms. The summed E-state index contributed by atoms with van der Waals surface area (Å²) in [5.41, 5.74) is 2.60. The standard InChI is InChI=1S/C34H41N3O4/c1-34(2,3)41-33(39)28-25(26(32(38)40-6)27(35-28)22-16-10-7-11-17-22)31-36(4)29(23-18-12-8-13-19-23)30(37(31)5)24-20-14-9-15-21-24/h7-21,25-31,35H,1-6H3/t25-,26-,27-,28-,29-,30-/m1/s1. The van der Waals surface area contributed by atoms with Gasteiger partial charge in [-0.1, -0.05) is 91.0 Å². The fraction of sp³-hybridized carbons (Fsp3) is 0.412. The number of esters is 2. The lowest BCUT2D eigenvalue weighted by atomic mass is 9.81. The molecule has 0 aliphatic carbocycles. The second kappa shape index (κ2) is 11.8. The van der Waals surface area contributed by atoms with Crippen LogP contribution in [0.2, 0.25) is 0 Å². The van der Waals surface area contributed by atoms with E-state index in [1.807, 2.05) is 63.2 Å². The number of methoxy groups -OCH3 is 1. The van der Waals surface area contributed by atoms with Gasteiger partial charge in [0.15, 0.2) is 0 Å². The Kier molecular flexibility index (Phi) is 8.32. The molecule has 7 nitrogen and oxygen atoms in total. The predicted molar refractivity (Wildman–Crippen MR) is 159 cm³/mol. The van der Waals surface area contributed by atoms with Gasteiger partial charge in [-0.15, -0.1) is 0 Å². The van der Waals surface area contributed by atoms with Crippen LogP contribution in [0.5, 0.6) is 0 Å². The third-order valence-corrected chi connectivity index (χ3v) is 8.45. The zero-order valence-corrected chi connectivity index (χ0v) is 24.7. The molecule has 3 aromatic carbocycles. The molecule has 2 aliphatic heterocycles. The highest BCUT2D eigenvalue weighted by molar-refractivity contribution is 5.82. The van der Waals surface area contributed by atoms with Crippen LogP contribution in [0.4, 0.5) is 0 Å². The summed E-state index contributed by atoms with van der Waals surface area (Å²) in [5.74, 6) is -1.79. The van der Waals surface area contributed by atoms with Crippen molar-refractivity contribution in [3.8, 4) is 0 Å². The van der Waals surface area contributed by atoms with Gasteiger partial charge < -0.3 is 9.47 Å². The van der Waals surface area contributed by atoms with Gasteiger partial charge in [-0.25, -0.2) is 0 Å². The first-order chi connectivity index (χ1) is 19.6. The van der Waals surface area contributed by atoms with E-state index in [1.54, 1.807) is 0 Å². The number of likely N-dealkylation sites (N-methyl/N-ethyl adjacent to an activating group) is 2. The first-order valence-electron chi connectivity index (χ1n) is 14.3. The first kappa shape index (κ1) is 29.0. The number of hydrogen-bond donors (Lipinski definition) is 1. The summed E-state index contributed by atoms with van der Waals surface area (Å²) in [6.07, 6.45) is -0.284. The summed E-state index contributed by atoms with van der Waals surface area (Å²) in [6, 6.07) is 29.5. The second-order valence-corrected chi connectivity index (χ2v) is 12.1. The normalized spacial score (nSPS) is 27.6. The van der Waals surface area contributed by atoms with E-state index in [0.29, 0.717) is 0 Å². The van der Waals surface area contributed by atoms with Crippen LogP contribution >= 0.6 is 0 Å². The molecule has 0 aromatic heterocycles. The Labute approximate surface area is 243 Å². The molecule has 2 heterocycles. The summed E-state index contributed by atoms with van der Waals surface area (Å²) in [4.78, 5) is 32.2. The van der Waals surface area contributed by atoms with E-state index >= 15 is 0 Å². The highest BCUT2D eigenvalue weighted by Gasteiger charge is 2.60. The van der Waals surface area contributed by atoms with Crippen LogP contribution in [-0.2, 0) is 19.1 Å². The Morgan fingerprint density at radius 2 is 1.15 bits per heavy atom. The average Bonchev–Trinajstić information content (AvgIpc) is 3.47. The van der Waals surface area contributed by atoms with E-state index in [-0.39, 0.29) is 30.2 Å². The number of ether oxygens (including phenoxy) is 2. The molecule has 0 saturated carbocycles. The van der Waals surface area contributed by atoms with E-state index in [0.717, 1.165) is 5.56 Å². The maximum absolute atomic E-state index is 13.9. The Morgan fingerprint density at radius 1 is 0.707 bits per heavy atom. The zero-order valence-electron chi connectivity index (χ0n) is 24.7. The van der Waals surface area contributed by atoms with Crippen molar-refractivity contribution in [2.45, 2.75) is 56.7 Å². The summed E-state index contributed by atoms with van der Waals surface area (Å²) in [7, 11) is 5.61. The molecule has 1 N–H and O–H groups in total. The molecule has 6 atom stereocenters. The van der Waals surface area contributed by atoms with E-state index in [9.17, 15) is 9.59 Å². The molecule has 0 bridgehead atoms. The van der Waals surface area contributed by atoms with Gasteiger partial charge in [-0.05, 0) is 51.6 Å². The van der Waals surface area contributed by atoms with Crippen LogP contribution < -0.4 is 5.32 Å². The number of hydrogen-bond acceptors (Lipinski definition) is 7. The maximum Gasteiger partial charge on any atom is 0.324 e. The predicted octanol–water partition coefficient (Wildman–Crippen LogP) is 5.13. The van der Waals surface area contributed by atoms with Crippen molar-refractivity contribution in [1.82, 2.24) is 15.1 Å². The van der Waals surface area contributed by atoms with Gasteiger partial charge in [0.05, 0.1) is 31.3 Å². The van der Waals surface area contributed by atoms with Gasteiger partial charge in [-0.2, -0.15) is 0 Å². The third kappa shape index (κ3) is 5.67. The molecular weight excluding hydrogens is 514 g/mol. The lowest BCUT2D eigenvalue weighted by Crippen LogP contribution is -2.52. The molecule has 2 aliphatic rings. The SMILES string of the molecule is COC(=O)[C@@H]1[C@@H](C2N(C)[C@H](c3ccccc3)[C@@H](c3ccccc3)N2C)[C@H](C(=O)OC(C)(C)C)N[C@@H]1c1ccccc1. The van der Waals surface area contributed by atoms with Crippen LogP contribution in [0.25, 0.3) is 0 Å². The van der Waals surface area contributed by atoms with Gasteiger partial charge in [0.2, 0.25) is 0 Å². The highest BCUT2D eigenvalue weighted by Crippen LogP contribution is 2.52. The van der Waals surface area contributed by atoms with Crippen molar-refractivity contribution in [1.29, 1.82) is 0 Å². The Morgan fingerprint density at radius 3 is 1.56 bits per heavy atom. The molecule has 5 rings (SSSR count). The lowest BCUT2D eigenvalue weighted by molar-refractivity contribution is -0.160. The molecule has 0 amide bonds. The van der Waals surface area contributed by atoms with Gasteiger partial charge in [-0.3, -0.25) is 24.7 Å². The minimum atomic E-state index is -0.732. The molecule has 2 saturated heterocycles. The van der Waals surface area contributed by atoms with Crippen molar-refractivity contribution in [2.75, 3.05) is 21.2 Å². The first-order valence-corrected chi connectivity index (χ1v) is 14.3. The maximum atomic E-state index is 13.9. The fourth-order valence-corrected chi connectivity index (χ4v) is 6.92. The Balaban J connectivity index is 1.65. The fourth-order valence-electron chi connectivity index (χ4n) is 6.92. The van der Waals surface area contributed by atoms with Gasteiger partial charge in [0, 0.05) is 12.0 Å². The van der Waals surface area contributed by atoms with Gasteiger partial charge >= 0.3 is 11.9 Å². The van der Waals surface area contributed by atoms with Crippen molar-refractivity contribution < 1.29 is 19.1 Å². The van der Waals surface area contributed by atoms with Crippen LogP contribution in [0, 0.1) is 11.8 Å². The van der Waals surface area contributed by atoms with Crippen LogP contribution in [0.15, 0.2) is 91.0 Å². The summed E-state index contributed by atoms with van der Waals surface area (Å²) < 4.78 is 11.4. The van der Waals surface area contributed by atoms with Crippen molar-refractivity contribution >= 4 is 11.9 Å². The van der Waals surface area contributed by atoms with Crippen LogP contribution in [0.1, 0.15) is 55.6 Å². The van der Waals surface area contributed by atoms with Crippen molar-refractivity contribution in [2.24, 2.45) is 11.8 Å². The number of carbonyl (C=O) groups is 2. The summed E-state index contributed by atoms with van der Waals surface area (Å²) in [5, 5.41) is 3.54. The van der Waals surface area contributed by atoms with E-state index in [4.69, 9.17) is 9.47 Å². The largest absolute Gasteiger partial charge is 0.469 e. The van der Waals surface area contributed by atoms with Crippen LogP contribution in [-0.4, -0.2) is 60.8 Å². The van der Waals surface area contributed by atoms with E-state index in [1.165, 1.54) is 18.2 Å². The molecule has 3 aromatic rings. The molecule has 0 spiro atoms. The lowest BCUT2D eigenvalue weighted by Gasteiger charge is -2.37. The van der Waals surface area contributed by atoms with Gasteiger partial charge in [0.25, 0.3) is 0 Å². The Hall–Kier alpha value is -3.52. The molecule has 0 unspecified atom stereocenters. The minimum Gasteiger partial charge on any atom is -0.469 e. The van der Waals surface area contributed by atoms with Gasteiger partial charge in [0.1, 0.15) is 11.6 Å². The number of nitrogens with zero attached hydrogens (tertiary/aromatic N) is 2. The highest BCUT2D eigenvalue weighted by atomic mass is 16.6. The molecule has 41 heavy (non-hydrogen) atoms. The zero-order chi connectivity index (χ0) is 29.3. The molecular formula is C34H41N3O4. The topological polar surface area (TPSA) is 71.1 Å². The molecule has 2 fully saturated rings. The van der Waals surface area contributed by atoms with E-state index in [2.05, 4.69) is 77.7 Å². The third-order valence-electron chi connectivity index (χ3n) is 8.45. The smallest absolute Gasteiger partial charge is 0.324 e. The van der Waals surface area contributed by atoms with Crippen molar-refractivity contribution in [3.05, 3.63) is 108 Å². The number of rotatable bonds is 6. The van der Waals surface area contributed by atoms with Crippen molar-refractivity contribution in [3.63, 3.8) is 0 Å². The minimum absolute atomic E-state index is 0.0121. The molecule has 216 valence electrons. The Bertz CT molecular complexity index is 1280.